The molecule has 5 aromatic heterocycles. The van der Waals surface area contributed by atoms with Gasteiger partial charge in [0.1, 0.15) is 20.8 Å². The summed E-state index contributed by atoms with van der Waals surface area (Å²) in [5, 5.41) is 0. The molecule has 6 nitrogen and oxygen atoms in total. The molecule has 6 rings (SSSR count). The average molecular weight is 725 g/mol. The molecular weight excluding hydrogens is 685 g/mol. The molecule has 6 aromatic rings. The smallest absolute Gasteiger partial charge is 0.348 e. The molecular formula is C36H40N2O4S5. The van der Waals surface area contributed by atoms with Gasteiger partial charge in [-0.05, 0) is 37.1 Å². The Morgan fingerprint density at radius 1 is 0.553 bits per heavy atom. The van der Waals surface area contributed by atoms with E-state index in [9.17, 15) is 9.59 Å². The minimum atomic E-state index is -0.225. The van der Waals surface area contributed by atoms with Crippen molar-refractivity contribution in [2.75, 3.05) is 13.2 Å². The highest BCUT2D eigenvalue weighted by Crippen LogP contribution is 2.45. The Morgan fingerprint density at radius 3 is 1.38 bits per heavy atom. The maximum Gasteiger partial charge on any atom is 0.348 e. The molecule has 0 atom stereocenters. The number of benzene rings is 1. The number of ether oxygens (including phenoxy) is 2. The van der Waals surface area contributed by atoms with Crippen LogP contribution in [0.2, 0.25) is 0 Å². The van der Waals surface area contributed by atoms with E-state index in [-0.39, 0.29) is 11.9 Å². The number of thiophene rings is 4. The highest BCUT2D eigenvalue weighted by Gasteiger charge is 2.20. The molecule has 0 aliphatic heterocycles. The van der Waals surface area contributed by atoms with Gasteiger partial charge < -0.3 is 9.47 Å². The van der Waals surface area contributed by atoms with E-state index < -0.39 is 0 Å². The third-order valence-corrected chi connectivity index (χ3v) is 13.4. The van der Waals surface area contributed by atoms with Crippen LogP contribution in [0, 0.1) is 0 Å². The largest absolute Gasteiger partial charge is 0.462 e. The van der Waals surface area contributed by atoms with Crippen LogP contribution in [0.3, 0.4) is 0 Å². The lowest BCUT2D eigenvalue weighted by atomic mass is 10.1. The van der Waals surface area contributed by atoms with Crippen LogP contribution in [0.4, 0.5) is 0 Å². The van der Waals surface area contributed by atoms with Crippen LogP contribution < -0.4 is 0 Å². The quantitative estimate of drug-likeness (QED) is 0.0648. The van der Waals surface area contributed by atoms with Crippen LogP contribution in [0.15, 0.2) is 36.4 Å². The van der Waals surface area contributed by atoms with Gasteiger partial charge in [-0.15, -0.1) is 45.3 Å². The Labute approximate surface area is 296 Å². The van der Waals surface area contributed by atoms with Crippen molar-refractivity contribution in [3.63, 3.8) is 0 Å². The van der Waals surface area contributed by atoms with Gasteiger partial charge in [-0.3, -0.25) is 0 Å². The summed E-state index contributed by atoms with van der Waals surface area (Å²) in [6, 6.07) is 12.5. The third kappa shape index (κ3) is 8.31. The Balaban J connectivity index is 1.09. The normalized spacial score (nSPS) is 11.7. The SMILES string of the molecule is CCCCCCCCOC(=O)c1cc2sc(-c3ccc(-c4cc5sc(C(=O)OCCCCCCCC)cc5s4)c4nsnc34)cc2s1. The van der Waals surface area contributed by atoms with Gasteiger partial charge in [0.05, 0.1) is 24.9 Å². The molecule has 0 spiro atoms. The molecule has 0 amide bonds. The van der Waals surface area contributed by atoms with Crippen molar-refractivity contribution in [3.05, 3.63) is 46.2 Å². The molecule has 248 valence electrons. The average Bonchev–Trinajstić information content (AvgIpc) is 3.89. The maximum atomic E-state index is 12.7. The molecule has 0 saturated carbocycles. The summed E-state index contributed by atoms with van der Waals surface area (Å²) in [7, 11) is 0. The summed E-state index contributed by atoms with van der Waals surface area (Å²) in [5.41, 5.74) is 3.87. The highest BCUT2D eigenvalue weighted by atomic mass is 32.1. The first-order chi connectivity index (χ1) is 23.1. The van der Waals surface area contributed by atoms with Gasteiger partial charge in [-0.2, -0.15) is 8.75 Å². The summed E-state index contributed by atoms with van der Waals surface area (Å²) in [6.45, 7) is 5.40. The van der Waals surface area contributed by atoms with Crippen LogP contribution in [-0.4, -0.2) is 33.9 Å². The lowest BCUT2D eigenvalue weighted by Gasteiger charge is -2.04. The zero-order chi connectivity index (χ0) is 32.6. The molecule has 0 saturated heterocycles. The predicted molar refractivity (Wildman–Crippen MR) is 202 cm³/mol. The number of hydrogen-bond donors (Lipinski definition) is 0. The van der Waals surface area contributed by atoms with E-state index in [0.29, 0.717) is 23.0 Å². The summed E-state index contributed by atoms with van der Waals surface area (Å²) in [6.07, 6.45) is 14.0. The number of esters is 2. The van der Waals surface area contributed by atoms with Gasteiger partial charge >= 0.3 is 11.9 Å². The first-order valence-corrected chi connectivity index (χ1v) is 20.7. The number of rotatable bonds is 18. The van der Waals surface area contributed by atoms with Crippen LogP contribution in [0.25, 0.3) is 50.7 Å². The van der Waals surface area contributed by atoms with Crippen molar-refractivity contribution in [3.8, 4) is 20.9 Å². The second-order valence-electron chi connectivity index (χ2n) is 11.8. The van der Waals surface area contributed by atoms with Crippen molar-refractivity contribution in [2.24, 2.45) is 0 Å². The number of aromatic nitrogens is 2. The van der Waals surface area contributed by atoms with Crippen molar-refractivity contribution in [1.29, 1.82) is 0 Å². The monoisotopic (exact) mass is 724 g/mol. The zero-order valence-corrected chi connectivity index (χ0v) is 31.0. The van der Waals surface area contributed by atoms with Crippen molar-refractivity contribution in [1.82, 2.24) is 8.75 Å². The predicted octanol–water partition coefficient (Wildman–Crippen LogP) is 12.6. The van der Waals surface area contributed by atoms with Gasteiger partial charge in [-0.25, -0.2) is 9.59 Å². The minimum absolute atomic E-state index is 0.225. The molecule has 0 aliphatic carbocycles. The first-order valence-electron chi connectivity index (χ1n) is 16.7. The summed E-state index contributed by atoms with van der Waals surface area (Å²) < 4.78 is 24.8. The second kappa shape index (κ2) is 16.6. The number of carbonyl (C=O) groups excluding carboxylic acids is 2. The van der Waals surface area contributed by atoms with Gasteiger partial charge in [0.15, 0.2) is 0 Å². The topological polar surface area (TPSA) is 78.4 Å². The number of carbonyl (C=O) groups is 2. The number of unbranched alkanes of at least 4 members (excludes halogenated alkanes) is 10. The van der Waals surface area contributed by atoms with E-state index in [1.165, 1.54) is 85.8 Å². The maximum absolute atomic E-state index is 12.7. The van der Waals surface area contributed by atoms with Gasteiger partial charge in [-0.1, -0.05) is 90.2 Å². The number of nitrogens with zero attached hydrogens (tertiary/aromatic N) is 2. The summed E-state index contributed by atoms with van der Waals surface area (Å²) in [4.78, 5) is 28.9. The second-order valence-corrected chi connectivity index (χ2v) is 16.7. The van der Waals surface area contributed by atoms with Crippen molar-refractivity contribution >= 4 is 98.8 Å². The first kappa shape index (κ1) is 34.2. The highest BCUT2D eigenvalue weighted by molar-refractivity contribution is 7.31. The third-order valence-electron chi connectivity index (χ3n) is 8.22. The van der Waals surface area contributed by atoms with E-state index in [1.807, 2.05) is 12.1 Å². The van der Waals surface area contributed by atoms with E-state index >= 15 is 0 Å². The molecule has 0 unspecified atom stereocenters. The molecule has 1 aromatic carbocycles. The fraction of sp³-hybridized carbons (Fsp3) is 0.444. The summed E-state index contributed by atoms with van der Waals surface area (Å²) >= 11 is 7.54. The van der Waals surface area contributed by atoms with Crippen LogP contribution in [0.5, 0.6) is 0 Å². The van der Waals surface area contributed by atoms with Gasteiger partial charge in [0.2, 0.25) is 0 Å². The molecule has 0 N–H and O–H groups in total. The van der Waals surface area contributed by atoms with Crippen molar-refractivity contribution < 1.29 is 19.1 Å². The number of fused-ring (bicyclic) bond motifs is 3. The van der Waals surface area contributed by atoms with Gasteiger partial charge in [0, 0.05) is 39.7 Å². The fourth-order valence-corrected chi connectivity index (χ4v) is 10.8. The van der Waals surface area contributed by atoms with Gasteiger partial charge in [0.25, 0.3) is 0 Å². The van der Waals surface area contributed by atoms with E-state index in [1.54, 1.807) is 22.7 Å². The Hall–Kier alpha value is -2.70. The molecule has 11 heteroatoms. The molecule has 0 radical (unpaired) electrons. The van der Waals surface area contributed by atoms with E-state index in [2.05, 4.69) is 38.1 Å². The Bertz CT molecular complexity index is 1740. The molecule has 0 aliphatic rings. The lowest BCUT2D eigenvalue weighted by Crippen LogP contribution is -2.04. The molecule has 0 fully saturated rings. The van der Waals surface area contributed by atoms with E-state index in [4.69, 9.17) is 18.2 Å². The Kier molecular flexibility index (Phi) is 12.1. The molecule has 47 heavy (non-hydrogen) atoms. The standard InChI is InChI=1S/C36H40N2O4S5/c1-3-5-7-9-11-13-17-41-35(39)31-21-29-27(45-31)19-25(43-29)23-15-16-24(34-33(23)37-47-38-34)26-20-28-30(44-26)22-32(46-28)36(40)42-18-14-12-10-8-6-4-2/h15-16,19-22H,3-14,17-18H2,1-2H3. The number of hydrogen-bond acceptors (Lipinski definition) is 11. The van der Waals surface area contributed by atoms with Crippen LogP contribution in [0.1, 0.15) is 110 Å². The molecule has 5 heterocycles. The van der Waals surface area contributed by atoms with Crippen LogP contribution >= 0.6 is 57.1 Å². The zero-order valence-electron chi connectivity index (χ0n) is 26.9. The van der Waals surface area contributed by atoms with Crippen LogP contribution in [-0.2, 0) is 9.47 Å². The molecule has 0 bridgehead atoms. The van der Waals surface area contributed by atoms with Crippen molar-refractivity contribution in [2.45, 2.75) is 90.9 Å². The lowest BCUT2D eigenvalue weighted by molar-refractivity contribution is 0.0494. The van der Waals surface area contributed by atoms with E-state index in [0.717, 1.165) is 76.4 Å². The Morgan fingerprint density at radius 2 is 0.957 bits per heavy atom. The summed E-state index contributed by atoms with van der Waals surface area (Å²) in [5.74, 6) is -0.450. The fourth-order valence-electron chi connectivity index (χ4n) is 5.64. The minimum Gasteiger partial charge on any atom is -0.462 e.